The number of primary amides is 1. The monoisotopic (exact) mass is 459 g/mol. The second-order valence-corrected chi connectivity index (χ2v) is 9.19. The van der Waals surface area contributed by atoms with Crippen LogP contribution in [0.15, 0.2) is 30.5 Å². The number of pyridine rings is 1. The summed E-state index contributed by atoms with van der Waals surface area (Å²) in [6.07, 6.45) is 2.68. The number of halogens is 2. The highest BCUT2D eigenvalue weighted by atomic mass is 19.2. The van der Waals surface area contributed by atoms with Crippen LogP contribution >= 0.6 is 0 Å². The molecule has 1 aromatic heterocycles. The number of ether oxygens (including phenoxy) is 2. The molecule has 2 fully saturated rings. The molecule has 0 bridgehead atoms. The molecule has 0 unspecified atom stereocenters. The highest BCUT2D eigenvalue weighted by Crippen LogP contribution is 2.49. The number of nitrogens with one attached hydrogen (secondary N) is 1. The van der Waals surface area contributed by atoms with Crippen LogP contribution in [0.2, 0.25) is 0 Å². The Labute approximate surface area is 190 Å². The van der Waals surface area contributed by atoms with Crippen molar-refractivity contribution in [2.75, 3.05) is 5.32 Å². The molecule has 1 saturated heterocycles. The van der Waals surface area contributed by atoms with Gasteiger partial charge in [0, 0.05) is 23.4 Å². The molecule has 33 heavy (non-hydrogen) atoms. The summed E-state index contributed by atoms with van der Waals surface area (Å²) in [5.41, 5.74) is 5.26. The fourth-order valence-corrected chi connectivity index (χ4v) is 4.29. The third-order valence-electron chi connectivity index (χ3n) is 6.71. The smallest absolute Gasteiger partial charge is 0.267 e. The second kappa shape index (κ2) is 8.70. The van der Waals surface area contributed by atoms with Gasteiger partial charge in [-0.05, 0) is 57.2 Å². The van der Waals surface area contributed by atoms with E-state index in [9.17, 15) is 18.4 Å². The van der Waals surface area contributed by atoms with Crippen molar-refractivity contribution in [1.82, 2.24) is 4.98 Å². The predicted octanol–water partition coefficient (Wildman–Crippen LogP) is 3.93. The summed E-state index contributed by atoms with van der Waals surface area (Å²) in [4.78, 5) is 28.6. The van der Waals surface area contributed by atoms with Crippen molar-refractivity contribution in [3.63, 3.8) is 0 Å². The molecule has 1 aliphatic carbocycles. The summed E-state index contributed by atoms with van der Waals surface area (Å²) >= 11 is 0. The van der Waals surface area contributed by atoms with Crippen LogP contribution in [-0.2, 0) is 9.53 Å². The third-order valence-corrected chi connectivity index (χ3v) is 6.71. The van der Waals surface area contributed by atoms with Crippen LogP contribution in [0.1, 0.15) is 62.0 Å². The Morgan fingerprint density at radius 1 is 1.24 bits per heavy atom. The minimum Gasteiger partial charge on any atom is -0.487 e. The molecule has 0 radical (unpaired) electrons. The van der Waals surface area contributed by atoms with Gasteiger partial charge in [0.2, 0.25) is 5.82 Å². The first-order chi connectivity index (χ1) is 15.6. The van der Waals surface area contributed by atoms with Gasteiger partial charge in [0.15, 0.2) is 11.6 Å². The highest BCUT2D eigenvalue weighted by Gasteiger charge is 2.52. The Bertz CT molecular complexity index is 1090. The average Bonchev–Trinajstić information content (AvgIpc) is 2.97. The van der Waals surface area contributed by atoms with Crippen LogP contribution < -0.4 is 15.8 Å². The molecular weight excluding hydrogens is 432 g/mol. The maximum absolute atomic E-state index is 14.9. The number of benzene rings is 1. The number of rotatable bonds is 6. The van der Waals surface area contributed by atoms with Crippen LogP contribution in [0.25, 0.3) is 0 Å². The molecule has 0 spiro atoms. The zero-order chi connectivity index (χ0) is 23.9. The lowest BCUT2D eigenvalue weighted by molar-refractivity contribution is -0.131. The third kappa shape index (κ3) is 4.42. The number of aromatic nitrogens is 1. The van der Waals surface area contributed by atoms with E-state index >= 15 is 0 Å². The number of anilines is 1. The van der Waals surface area contributed by atoms with Gasteiger partial charge in [-0.3, -0.25) is 14.6 Å². The Morgan fingerprint density at radius 3 is 2.61 bits per heavy atom. The van der Waals surface area contributed by atoms with E-state index in [4.69, 9.17) is 15.2 Å². The Kier molecular flexibility index (Phi) is 6.09. The van der Waals surface area contributed by atoms with Crippen molar-refractivity contribution < 1.29 is 27.8 Å². The summed E-state index contributed by atoms with van der Waals surface area (Å²) in [6.45, 7) is 5.60. The van der Waals surface area contributed by atoms with Gasteiger partial charge in [0.25, 0.3) is 11.8 Å². The molecule has 3 N–H and O–H groups in total. The van der Waals surface area contributed by atoms with Crippen LogP contribution in [0.3, 0.4) is 0 Å². The fraction of sp³-hybridized carbons (Fsp3) is 0.458. The molecule has 2 amide bonds. The van der Waals surface area contributed by atoms with Gasteiger partial charge in [-0.25, -0.2) is 4.39 Å². The number of carbonyl (C=O) groups excluding carboxylic acids is 2. The molecule has 1 saturated carbocycles. The molecule has 2 aromatic rings. The summed E-state index contributed by atoms with van der Waals surface area (Å²) in [7, 11) is 0. The number of carbonyl (C=O) groups is 2. The van der Waals surface area contributed by atoms with E-state index < -0.39 is 41.1 Å². The number of nitrogens with two attached hydrogens (primary N) is 1. The highest BCUT2D eigenvalue weighted by molar-refractivity contribution is 5.97. The van der Waals surface area contributed by atoms with E-state index in [1.807, 2.05) is 20.8 Å². The molecule has 2 heterocycles. The summed E-state index contributed by atoms with van der Waals surface area (Å²) < 4.78 is 40.9. The molecule has 176 valence electrons. The van der Waals surface area contributed by atoms with Crippen LogP contribution in [0.5, 0.6) is 5.75 Å². The average molecular weight is 459 g/mol. The summed E-state index contributed by atoms with van der Waals surface area (Å²) in [5, 5.41) is 2.73. The number of nitrogens with zero attached hydrogens (tertiary/aromatic N) is 1. The predicted molar refractivity (Wildman–Crippen MR) is 117 cm³/mol. The molecule has 9 heteroatoms. The number of amides is 2. The quantitative estimate of drug-likeness (QED) is 0.681. The maximum atomic E-state index is 14.9. The standard InChI is InChI=1S/C24H27F2N3O4/c1-12-18(15-7-8-16(25)19(26)20(15)32-14-5-4-6-14)21(33-24(12,2)3)23(31)29-13-9-10-28-17(11-13)22(27)30/h7-12,14,18,21H,4-6H2,1-3H3,(H2,27,30)(H,28,29,31)/t12-,18-,21+/m0/s1. The minimum absolute atomic E-state index is 0.00202. The van der Waals surface area contributed by atoms with Gasteiger partial charge in [0.05, 0.1) is 11.7 Å². The first-order valence-electron chi connectivity index (χ1n) is 11.0. The van der Waals surface area contributed by atoms with E-state index in [0.29, 0.717) is 11.3 Å². The molecule has 7 nitrogen and oxygen atoms in total. The maximum Gasteiger partial charge on any atom is 0.267 e. The van der Waals surface area contributed by atoms with Gasteiger partial charge in [-0.1, -0.05) is 13.0 Å². The normalized spacial score (nSPS) is 24.2. The summed E-state index contributed by atoms with van der Waals surface area (Å²) in [6, 6.07) is 5.40. The van der Waals surface area contributed by atoms with Crippen LogP contribution in [0, 0.1) is 17.6 Å². The number of hydrogen-bond donors (Lipinski definition) is 2. The van der Waals surface area contributed by atoms with E-state index in [0.717, 1.165) is 25.3 Å². The van der Waals surface area contributed by atoms with E-state index in [-0.39, 0.29) is 23.5 Å². The Hall–Kier alpha value is -3.07. The van der Waals surface area contributed by atoms with Crippen molar-refractivity contribution in [3.8, 4) is 5.75 Å². The molecule has 1 aliphatic heterocycles. The summed E-state index contributed by atoms with van der Waals surface area (Å²) in [5.74, 6) is -4.25. The van der Waals surface area contributed by atoms with Gasteiger partial charge in [-0.2, -0.15) is 4.39 Å². The number of hydrogen-bond acceptors (Lipinski definition) is 5. The van der Waals surface area contributed by atoms with Crippen molar-refractivity contribution in [2.45, 2.75) is 63.8 Å². The first kappa shape index (κ1) is 23.1. The van der Waals surface area contributed by atoms with E-state index in [2.05, 4.69) is 10.3 Å². The molecule has 2 aliphatic rings. The molecule has 4 rings (SSSR count). The largest absolute Gasteiger partial charge is 0.487 e. The van der Waals surface area contributed by atoms with E-state index in [1.54, 1.807) is 0 Å². The lowest BCUT2D eigenvalue weighted by atomic mass is 9.78. The second-order valence-electron chi connectivity index (χ2n) is 9.19. The SMILES string of the molecule is C[C@H]1[C@@H](c2ccc(F)c(F)c2OC2CCC2)[C@H](C(=O)Nc2ccnc(C(N)=O)c2)OC1(C)C. The van der Waals surface area contributed by atoms with Crippen molar-refractivity contribution in [1.29, 1.82) is 0 Å². The van der Waals surface area contributed by atoms with Crippen molar-refractivity contribution in [3.05, 3.63) is 53.4 Å². The lowest BCUT2D eigenvalue weighted by Gasteiger charge is -2.30. The van der Waals surface area contributed by atoms with Gasteiger partial charge < -0.3 is 20.5 Å². The van der Waals surface area contributed by atoms with Gasteiger partial charge in [0.1, 0.15) is 11.8 Å². The Morgan fingerprint density at radius 2 is 1.97 bits per heavy atom. The van der Waals surface area contributed by atoms with Crippen LogP contribution in [0.4, 0.5) is 14.5 Å². The molecule has 3 atom stereocenters. The van der Waals surface area contributed by atoms with Crippen molar-refractivity contribution >= 4 is 17.5 Å². The van der Waals surface area contributed by atoms with Gasteiger partial charge >= 0.3 is 0 Å². The fourth-order valence-electron chi connectivity index (χ4n) is 4.29. The Balaban J connectivity index is 1.69. The lowest BCUT2D eigenvalue weighted by Crippen LogP contribution is -2.34. The minimum atomic E-state index is -1.06. The first-order valence-corrected chi connectivity index (χ1v) is 11.0. The topological polar surface area (TPSA) is 104 Å². The zero-order valence-electron chi connectivity index (χ0n) is 18.7. The molecular formula is C24H27F2N3O4. The van der Waals surface area contributed by atoms with Crippen molar-refractivity contribution in [2.24, 2.45) is 11.7 Å². The molecule has 1 aromatic carbocycles. The van der Waals surface area contributed by atoms with Gasteiger partial charge in [-0.15, -0.1) is 0 Å². The van der Waals surface area contributed by atoms with E-state index in [1.165, 1.54) is 24.4 Å². The zero-order valence-corrected chi connectivity index (χ0v) is 18.7. The van der Waals surface area contributed by atoms with Crippen LogP contribution in [-0.4, -0.2) is 34.6 Å².